The standard InChI is InChI=1S/C12H10BrF3O2/c1-2-18-11(17)7-10(12(14,15)16)8-4-3-5-9(13)6-8/h3-7H,2H2,1H3/b10-7+. The maximum absolute atomic E-state index is 12.8. The monoisotopic (exact) mass is 322 g/mol. The fourth-order valence-corrected chi connectivity index (χ4v) is 1.69. The molecule has 6 heteroatoms. The SMILES string of the molecule is CCOC(=O)/C=C(\c1cccc(Br)c1)C(F)(F)F. The molecule has 18 heavy (non-hydrogen) atoms. The van der Waals surface area contributed by atoms with Gasteiger partial charge in [0.05, 0.1) is 12.2 Å². The largest absolute Gasteiger partial charge is 0.463 e. The Morgan fingerprint density at radius 3 is 2.61 bits per heavy atom. The summed E-state index contributed by atoms with van der Waals surface area (Å²) in [4.78, 5) is 11.1. The molecule has 0 unspecified atom stereocenters. The fraction of sp³-hybridized carbons (Fsp3) is 0.250. The summed E-state index contributed by atoms with van der Waals surface area (Å²) in [6, 6.07) is 5.63. The van der Waals surface area contributed by atoms with Crippen LogP contribution >= 0.6 is 15.9 Å². The van der Waals surface area contributed by atoms with Gasteiger partial charge in [-0.15, -0.1) is 0 Å². The highest BCUT2D eigenvalue weighted by molar-refractivity contribution is 9.10. The van der Waals surface area contributed by atoms with Crippen LogP contribution in [-0.4, -0.2) is 18.8 Å². The third kappa shape index (κ3) is 4.18. The zero-order valence-electron chi connectivity index (χ0n) is 9.42. The molecule has 98 valence electrons. The minimum Gasteiger partial charge on any atom is -0.463 e. The van der Waals surface area contributed by atoms with Crippen LogP contribution in [0.2, 0.25) is 0 Å². The summed E-state index contributed by atoms with van der Waals surface area (Å²) in [5, 5.41) is 0. The summed E-state index contributed by atoms with van der Waals surface area (Å²) in [6.45, 7) is 1.55. The Labute approximate surface area is 111 Å². The van der Waals surface area contributed by atoms with E-state index in [1.807, 2.05) is 0 Å². The van der Waals surface area contributed by atoms with Gasteiger partial charge >= 0.3 is 12.1 Å². The zero-order valence-corrected chi connectivity index (χ0v) is 11.0. The minimum absolute atomic E-state index is 0.0267. The molecule has 1 aromatic carbocycles. The van der Waals surface area contributed by atoms with Crippen LogP contribution in [0.3, 0.4) is 0 Å². The molecule has 0 saturated carbocycles. The molecular formula is C12H10BrF3O2. The fourth-order valence-electron chi connectivity index (χ4n) is 1.29. The molecule has 0 aliphatic carbocycles. The molecule has 0 aromatic heterocycles. The van der Waals surface area contributed by atoms with Crippen LogP contribution < -0.4 is 0 Å². The lowest BCUT2D eigenvalue weighted by Gasteiger charge is -2.12. The summed E-state index contributed by atoms with van der Waals surface area (Å²) in [6.07, 6.45) is -4.15. The quantitative estimate of drug-likeness (QED) is 0.622. The summed E-state index contributed by atoms with van der Waals surface area (Å²) in [5.74, 6) is -1.01. The second-order valence-electron chi connectivity index (χ2n) is 3.32. The summed E-state index contributed by atoms with van der Waals surface area (Å²) in [7, 11) is 0. The van der Waals surface area contributed by atoms with Crippen LogP contribution in [-0.2, 0) is 9.53 Å². The van der Waals surface area contributed by atoms with Crippen molar-refractivity contribution < 1.29 is 22.7 Å². The number of alkyl halides is 3. The zero-order chi connectivity index (χ0) is 13.8. The van der Waals surface area contributed by atoms with Crippen molar-refractivity contribution in [3.63, 3.8) is 0 Å². The van der Waals surface area contributed by atoms with Gasteiger partial charge in [0.15, 0.2) is 0 Å². The van der Waals surface area contributed by atoms with E-state index in [1.165, 1.54) is 25.1 Å². The van der Waals surface area contributed by atoms with E-state index in [0.717, 1.165) is 0 Å². The van der Waals surface area contributed by atoms with Crippen molar-refractivity contribution in [2.45, 2.75) is 13.1 Å². The predicted octanol–water partition coefficient (Wildman–Crippen LogP) is 3.96. The normalized spacial score (nSPS) is 12.4. The van der Waals surface area contributed by atoms with Crippen molar-refractivity contribution in [3.8, 4) is 0 Å². The molecule has 1 aromatic rings. The van der Waals surface area contributed by atoms with E-state index in [0.29, 0.717) is 10.5 Å². The Hall–Kier alpha value is -1.30. The highest BCUT2D eigenvalue weighted by Gasteiger charge is 2.35. The first kappa shape index (κ1) is 14.8. The highest BCUT2D eigenvalue weighted by atomic mass is 79.9. The van der Waals surface area contributed by atoms with Gasteiger partial charge in [-0.2, -0.15) is 13.2 Å². The average molecular weight is 323 g/mol. The maximum atomic E-state index is 12.8. The summed E-state index contributed by atoms with van der Waals surface area (Å²) >= 11 is 3.08. The molecular weight excluding hydrogens is 313 g/mol. The number of esters is 1. The number of carbonyl (C=O) groups excluding carboxylic acids is 1. The predicted molar refractivity (Wildman–Crippen MR) is 64.8 cm³/mol. The molecule has 0 bridgehead atoms. The second kappa shape index (κ2) is 6.04. The number of hydrogen-bond acceptors (Lipinski definition) is 2. The molecule has 0 aliphatic heterocycles. The van der Waals surface area contributed by atoms with Gasteiger partial charge < -0.3 is 4.74 Å². The van der Waals surface area contributed by atoms with E-state index in [-0.39, 0.29) is 12.2 Å². The van der Waals surface area contributed by atoms with Gasteiger partial charge in [-0.1, -0.05) is 28.1 Å². The van der Waals surface area contributed by atoms with Crippen molar-refractivity contribution in [2.24, 2.45) is 0 Å². The van der Waals surface area contributed by atoms with E-state index in [1.54, 1.807) is 6.07 Å². The van der Waals surface area contributed by atoms with Gasteiger partial charge in [-0.05, 0) is 24.6 Å². The Morgan fingerprint density at radius 2 is 2.11 bits per heavy atom. The maximum Gasteiger partial charge on any atom is 0.417 e. The van der Waals surface area contributed by atoms with Crippen LogP contribution in [0.25, 0.3) is 5.57 Å². The summed E-state index contributed by atoms with van der Waals surface area (Å²) < 4.78 is 43.5. The van der Waals surface area contributed by atoms with Crippen LogP contribution in [0, 0.1) is 0 Å². The molecule has 0 amide bonds. The molecule has 0 radical (unpaired) electrons. The third-order valence-corrected chi connectivity index (χ3v) is 2.48. The minimum atomic E-state index is -4.62. The number of carbonyl (C=O) groups is 1. The first-order valence-electron chi connectivity index (χ1n) is 5.06. The van der Waals surface area contributed by atoms with Crippen molar-refractivity contribution in [1.29, 1.82) is 0 Å². The van der Waals surface area contributed by atoms with Crippen LogP contribution in [0.5, 0.6) is 0 Å². The van der Waals surface area contributed by atoms with Crippen molar-refractivity contribution in [2.75, 3.05) is 6.61 Å². The van der Waals surface area contributed by atoms with Gasteiger partial charge in [-0.3, -0.25) is 0 Å². The Morgan fingerprint density at radius 1 is 1.44 bits per heavy atom. The number of allylic oxidation sites excluding steroid dienone is 1. The lowest BCUT2D eigenvalue weighted by molar-refractivity contribution is -0.137. The number of benzene rings is 1. The van der Waals surface area contributed by atoms with Crippen LogP contribution in [0.1, 0.15) is 12.5 Å². The van der Waals surface area contributed by atoms with Gasteiger partial charge in [0, 0.05) is 10.5 Å². The topological polar surface area (TPSA) is 26.3 Å². The van der Waals surface area contributed by atoms with Gasteiger partial charge in [0.2, 0.25) is 0 Å². The first-order chi connectivity index (χ1) is 8.34. The number of ether oxygens (including phenoxy) is 1. The smallest absolute Gasteiger partial charge is 0.417 e. The van der Waals surface area contributed by atoms with Gasteiger partial charge in [0.25, 0.3) is 0 Å². The molecule has 0 aliphatic rings. The highest BCUT2D eigenvalue weighted by Crippen LogP contribution is 2.34. The number of halogens is 4. The van der Waals surface area contributed by atoms with Crippen molar-refractivity contribution >= 4 is 27.5 Å². The van der Waals surface area contributed by atoms with E-state index < -0.39 is 17.7 Å². The molecule has 0 fully saturated rings. The molecule has 0 atom stereocenters. The molecule has 0 heterocycles. The number of hydrogen-bond donors (Lipinski definition) is 0. The molecule has 0 spiro atoms. The summed E-state index contributed by atoms with van der Waals surface area (Å²) in [5.41, 5.74) is -1.12. The Bertz CT molecular complexity index is 467. The van der Waals surface area contributed by atoms with Crippen molar-refractivity contribution in [1.82, 2.24) is 0 Å². The first-order valence-corrected chi connectivity index (χ1v) is 5.85. The Kier molecular flexibility index (Phi) is 4.95. The molecule has 2 nitrogen and oxygen atoms in total. The molecule has 0 saturated heterocycles. The molecule has 1 rings (SSSR count). The van der Waals surface area contributed by atoms with Crippen LogP contribution in [0.4, 0.5) is 13.2 Å². The number of rotatable bonds is 3. The lowest BCUT2D eigenvalue weighted by atomic mass is 10.1. The average Bonchev–Trinajstić information content (AvgIpc) is 2.24. The van der Waals surface area contributed by atoms with Crippen LogP contribution in [0.15, 0.2) is 34.8 Å². The lowest BCUT2D eigenvalue weighted by Crippen LogP contribution is -2.13. The van der Waals surface area contributed by atoms with E-state index in [4.69, 9.17) is 0 Å². The van der Waals surface area contributed by atoms with E-state index >= 15 is 0 Å². The van der Waals surface area contributed by atoms with Gasteiger partial charge in [0.1, 0.15) is 0 Å². The van der Waals surface area contributed by atoms with Crippen molar-refractivity contribution in [3.05, 3.63) is 40.4 Å². The third-order valence-electron chi connectivity index (χ3n) is 1.99. The van der Waals surface area contributed by atoms with E-state index in [2.05, 4.69) is 20.7 Å². The second-order valence-corrected chi connectivity index (χ2v) is 4.23. The van der Waals surface area contributed by atoms with E-state index in [9.17, 15) is 18.0 Å². The van der Waals surface area contributed by atoms with Gasteiger partial charge in [-0.25, -0.2) is 4.79 Å². The Balaban J connectivity index is 3.19. The molecule has 0 N–H and O–H groups in total.